The second kappa shape index (κ2) is 15.0. The summed E-state index contributed by atoms with van der Waals surface area (Å²) >= 11 is 0. The molecule has 0 spiro atoms. The zero-order valence-corrected chi connectivity index (χ0v) is 16.6. The van der Waals surface area contributed by atoms with Crippen molar-refractivity contribution in [2.24, 2.45) is 0 Å². The molecule has 142 valence electrons. The van der Waals surface area contributed by atoms with Gasteiger partial charge in [0.2, 0.25) is 5.91 Å². The predicted molar refractivity (Wildman–Crippen MR) is 110 cm³/mol. The monoisotopic (exact) mass is 345 g/mol. The summed E-state index contributed by atoms with van der Waals surface area (Å²) in [7, 11) is 0. The molecule has 0 fully saturated rings. The van der Waals surface area contributed by atoms with E-state index in [9.17, 15) is 4.79 Å². The van der Waals surface area contributed by atoms with E-state index < -0.39 is 0 Å². The standard InChI is InChI=1S/C23H39NO/c1-3-4-5-6-7-8-9-10-11-12-13-14-15-19-23(25)24-22-18-16-17-21(2)20-22/h16-18,20H,3-15,19H2,1-2H3,(H,24,25). The molecule has 0 heterocycles. The van der Waals surface area contributed by atoms with Crippen molar-refractivity contribution < 1.29 is 4.79 Å². The van der Waals surface area contributed by atoms with Crippen molar-refractivity contribution in [1.82, 2.24) is 0 Å². The molecule has 1 aromatic rings. The van der Waals surface area contributed by atoms with Crippen molar-refractivity contribution in [3.05, 3.63) is 29.8 Å². The third kappa shape index (κ3) is 12.7. The molecule has 0 radical (unpaired) electrons. The second-order valence-corrected chi connectivity index (χ2v) is 7.41. The van der Waals surface area contributed by atoms with Crippen molar-refractivity contribution in [3.63, 3.8) is 0 Å². The van der Waals surface area contributed by atoms with Gasteiger partial charge in [0, 0.05) is 12.1 Å². The molecule has 0 aliphatic rings. The molecule has 1 N–H and O–H groups in total. The summed E-state index contributed by atoms with van der Waals surface area (Å²) in [5.74, 6) is 0.147. The predicted octanol–water partition coefficient (Wildman–Crippen LogP) is 7.41. The van der Waals surface area contributed by atoms with Crippen LogP contribution in [0.1, 0.15) is 102 Å². The lowest BCUT2D eigenvalue weighted by Gasteiger charge is -2.06. The van der Waals surface area contributed by atoms with E-state index in [4.69, 9.17) is 0 Å². The van der Waals surface area contributed by atoms with E-state index >= 15 is 0 Å². The van der Waals surface area contributed by atoms with E-state index in [1.54, 1.807) is 0 Å². The van der Waals surface area contributed by atoms with Gasteiger partial charge in [0.25, 0.3) is 0 Å². The Morgan fingerprint density at radius 2 is 1.32 bits per heavy atom. The highest BCUT2D eigenvalue weighted by atomic mass is 16.1. The minimum Gasteiger partial charge on any atom is -0.326 e. The average Bonchev–Trinajstić information content (AvgIpc) is 2.59. The van der Waals surface area contributed by atoms with E-state index in [-0.39, 0.29) is 5.91 Å². The minimum atomic E-state index is 0.147. The summed E-state index contributed by atoms with van der Waals surface area (Å²) < 4.78 is 0. The molecule has 0 saturated carbocycles. The number of anilines is 1. The highest BCUT2D eigenvalue weighted by Crippen LogP contribution is 2.14. The Kier molecular flexibility index (Phi) is 13.0. The average molecular weight is 346 g/mol. The van der Waals surface area contributed by atoms with Gasteiger partial charge in [-0.2, -0.15) is 0 Å². The zero-order chi connectivity index (χ0) is 18.2. The summed E-state index contributed by atoms with van der Waals surface area (Å²) in [6.07, 6.45) is 18.0. The number of rotatable bonds is 15. The van der Waals surface area contributed by atoms with Crippen molar-refractivity contribution in [1.29, 1.82) is 0 Å². The van der Waals surface area contributed by atoms with E-state index in [1.807, 2.05) is 31.2 Å². The van der Waals surface area contributed by atoms with Gasteiger partial charge in [-0.3, -0.25) is 4.79 Å². The lowest BCUT2D eigenvalue weighted by atomic mass is 10.0. The van der Waals surface area contributed by atoms with Crippen LogP contribution in [0.2, 0.25) is 0 Å². The van der Waals surface area contributed by atoms with Gasteiger partial charge in [-0.25, -0.2) is 0 Å². The lowest BCUT2D eigenvalue weighted by Crippen LogP contribution is -2.11. The summed E-state index contributed by atoms with van der Waals surface area (Å²) in [4.78, 5) is 11.9. The van der Waals surface area contributed by atoms with Crippen LogP contribution in [0.15, 0.2) is 24.3 Å². The van der Waals surface area contributed by atoms with Crippen molar-refractivity contribution in [3.8, 4) is 0 Å². The van der Waals surface area contributed by atoms with Crippen molar-refractivity contribution >= 4 is 11.6 Å². The molecule has 0 bridgehead atoms. The number of hydrogen-bond donors (Lipinski definition) is 1. The first-order valence-corrected chi connectivity index (χ1v) is 10.6. The first-order chi connectivity index (χ1) is 12.2. The smallest absolute Gasteiger partial charge is 0.224 e. The largest absolute Gasteiger partial charge is 0.326 e. The quantitative estimate of drug-likeness (QED) is 0.329. The molecule has 0 aliphatic carbocycles. The summed E-state index contributed by atoms with van der Waals surface area (Å²) in [6.45, 7) is 4.32. The summed E-state index contributed by atoms with van der Waals surface area (Å²) in [5, 5.41) is 2.99. The van der Waals surface area contributed by atoms with E-state index in [0.29, 0.717) is 6.42 Å². The third-order valence-corrected chi connectivity index (χ3v) is 4.81. The van der Waals surface area contributed by atoms with Crippen molar-refractivity contribution in [2.45, 2.75) is 104 Å². The first kappa shape index (κ1) is 21.7. The minimum absolute atomic E-state index is 0.147. The molecule has 0 saturated heterocycles. The van der Waals surface area contributed by atoms with Crippen LogP contribution < -0.4 is 5.32 Å². The molecular formula is C23H39NO. The van der Waals surface area contributed by atoms with Gasteiger partial charge >= 0.3 is 0 Å². The fraction of sp³-hybridized carbons (Fsp3) is 0.696. The van der Waals surface area contributed by atoms with Gasteiger partial charge in [-0.15, -0.1) is 0 Å². The Morgan fingerprint density at radius 3 is 1.84 bits per heavy atom. The summed E-state index contributed by atoms with van der Waals surface area (Å²) in [6, 6.07) is 7.99. The fourth-order valence-electron chi connectivity index (χ4n) is 3.25. The van der Waals surface area contributed by atoms with Crippen LogP contribution in [0.5, 0.6) is 0 Å². The number of amides is 1. The van der Waals surface area contributed by atoms with Gasteiger partial charge in [0.1, 0.15) is 0 Å². The fourth-order valence-corrected chi connectivity index (χ4v) is 3.25. The highest BCUT2D eigenvalue weighted by molar-refractivity contribution is 5.90. The number of carbonyl (C=O) groups excluding carboxylic acids is 1. The van der Waals surface area contributed by atoms with Crippen LogP contribution in [-0.4, -0.2) is 5.91 Å². The molecule has 1 rings (SSSR count). The number of aryl methyl sites for hydroxylation is 1. The number of unbranched alkanes of at least 4 members (excludes halogenated alkanes) is 12. The SMILES string of the molecule is CCCCCCCCCCCCCCCC(=O)Nc1cccc(C)c1. The summed E-state index contributed by atoms with van der Waals surface area (Å²) in [5.41, 5.74) is 2.10. The molecule has 25 heavy (non-hydrogen) atoms. The maximum atomic E-state index is 11.9. The van der Waals surface area contributed by atoms with E-state index in [0.717, 1.165) is 12.1 Å². The molecule has 2 nitrogen and oxygen atoms in total. The molecule has 0 aromatic heterocycles. The van der Waals surface area contributed by atoms with Crippen molar-refractivity contribution in [2.75, 3.05) is 5.32 Å². The Bertz CT molecular complexity index is 455. The van der Waals surface area contributed by atoms with E-state index in [2.05, 4.69) is 12.2 Å². The van der Waals surface area contributed by atoms with Crippen LogP contribution in [0, 0.1) is 6.92 Å². The Balaban J connectivity index is 1.86. The van der Waals surface area contributed by atoms with Gasteiger partial charge in [-0.05, 0) is 31.0 Å². The molecule has 2 heteroatoms. The maximum absolute atomic E-state index is 11.9. The van der Waals surface area contributed by atoms with Gasteiger partial charge in [0.05, 0.1) is 0 Å². The van der Waals surface area contributed by atoms with E-state index in [1.165, 1.54) is 82.6 Å². The van der Waals surface area contributed by atoms with Gasteiger partial charge < -0.3 is 5.32 Å². The number of hydrogen-bond acceptors (Lipinski definition) is 1. The maximum Gasteiger partial charge on any atom is 0.224 e. The molecule has 0 atom stereocenters. The van der Waals surface area contributed by atoms with Crippen LogP contribution in [0.25, 0.3) is 0 Å². The second-order valence-electron chi connectivity index (χ2n) is 7.41. The van der Waals surface area contributed by atoms with Gasteiger partial charge in [-0.1, -0.05) is 96.1 Å². The van der Waals surface area contributed by atoms with Crippen LogP contribution in [-0.2, 0) is 4.79 Å². The molecule has 1 aromatic carbocycles. The first-order valence-electron chi connectivity index (χ1n) is 10.6. The van der Waals surface area contributed by atoms with Gasteiger partial charge in [0.15, 0.2) is 0 Å². The lowest BCUT2D eigenvalue weighted by molar-refractivity contribution is -0.116. The molecule has 0 aliphatic heterocycles. The number of benzene rings is 1. The Hall–Kier alpha value is -1.31. The number of carbonyl (C=O) groups is 1. The van der Waals surface area contributed by atoms with Crippen LogP contribution >= 0.6 is 0 Å². The van der Waals surface area contributed by atoms with Crippen LogP contribution in [0.4, 0.5) is 5.69 Å². The number of nitrogens with one attached hydrogen (secondary N) is 1. The topological polar surface area (TPSA) is 29.1 Å². The molecule has 1 amide bonds. The Morgan fingerprint density at radius 1 is 0.800 bits per heavy atom. The third-order valence-electron chi connectivity index (χ3n) is 4.81. The highest BCUT2D eigenvalue weighted by Gasteiger charge is 2.02. The van der Waals surface area contributed by atoms with Crippen LogP contribution in [0.3, 0.4) is 0 Å². The zero-order valence-electron chi connectivity index (χ0n) is 16.6. The normalized spacial score (nSPS) is 10.8. The Labute approximate surface area is 155 Å². The molecular weight excluding hydrogens is 306 g/mol. The molecule has 0 unspecified atom stereocenters.